The fraction of sp³-hybridized carbons (Fsp3) is 0.235. The van der Waals surface area contributed by atoms with E-state index in [4.69, 9.17) is 17.0 Å². The summed E-state index contributed by atoms with van der Waals surface area (Å²) in [5.74, 6) is -0.737. The molecule has 0 atom stereocenters. The van der Waals surface area contributed by atoms with E-state index in [-0.39, 0.29) is 22.2 Å². The quantitative estimate of drug-likeness (QED) is 0.368. The molecule has 1 aliphatic heterocycles. The first-order valence-electron chi connectivity index (χ1n) is 7.32. The van der Waals surface area contributed by atoms with Gasteiger partial charge in [-0.3, -0.25) is 19.8 Å². The standard InChI is InChI=1S/C17H18N2O4S/c1-4-6-11-7-10(9-13(23-3)14(11)20)8-12-15(21)18-17(24)19(5-2)16(12)22/h4,7-9,20H,1,5-6H2,2-3H3,(H,18,21,24)/b12-8+. The van der Waals surface area contributed by atoms with E-state index in [1.165, 1.54) is 18.1 Å². The maximum Gasteiger partial charge on any atom is 0.265 e. The number of nitrogens with one attached hydrogen (secondary N) is 1. The minimum Gasteiger partial charge on any atom is -0.504 e. The molecule has 0 unspecified atom stereocenters. The van der Waals surface area contributed by atoms with Crippen LogP contribution in [-0.2, 0) is 16.0 Å². The molecule has 2 N–H and O–H groups in total. The molecule has 0 bridgehead atoms. The highest BCUT2D eigenvalue weighted by Gasteiger charge is 2.32. The third kappa shape index (κ3) is 3.30. The van der Waals surface area contributed by atoms with Crippen LogP contribution in [0.25, 0.3) is 6.08 Å². The number of thiocarbonyl (C=S) groups is 1. The van der Waals surface area contributed by atoms with Crippen molar-refractivity contribution in [3.63, 3.8) is 0 Å². The number of benzene rings is 1. The lowest BCUT2D eigenvalue weighted by molar-refractivity contribution is -0.128. The largest absolute Gasteiger partial charge is 0.504 e. The Morgan fingerprint density at radius 3 is 2.71 bits per heavy atom. The number of methoxy groups -OCH3 is 1. The van der Waals surface area contributed by atoms with Crippen LogP contribution in [0.15, 0.2) is 30.4 Å². The van der Waals surface area contributed by atoms with Crippen LogP contribution in [0.3, 0.4) is 0 Å². The molecule has 1 aromatic carbocycles. The molecule has 0 aromatic heterocycles. The molecule has 24 heavy (non-hydrogen) atoms. The number of aromatic hydroxyl groups is 1. The van der Waals surface area contributed by atoms with E-state index in [1.54, 1.807) is 25.1 Å². The molecule has 1 heterocycles. The first kappa shape index (κ1) is 17.7. The SMILES string of the molecule is C=CCc1cc(/C=C2\C(=O)NC(=S)N(CC)C2=O)cc(OC)c1O. The summed E-state index contributed by atoms with van der Waals surface area (Å²) in [6.45, 7) is 5.77. The topological polar surface area (TPSA) is 78.9 Å². The average Bonchev–Trinajstić information content (AvgIpc) is 2.54. The van der Waals surface area contributed by atoms with E-state index in [0.717, 1.165) is 0 Å². The number of hydrogen-bond donors (Lipinski definition) is 2. The van der Waals surface area contributed by atoms with Crippen LogP contribution in [0.2, 0.25) is 0 Å². The van der Waals surface area contributed by atoms with Crippen LogP contribution in [0.5, 0.6) is 11.5 Å². The average molecular weight is 346 g/mol. The number of amides is 2. The van der Waals surface area contributed by atoms with Gasteiger partial charge in [0.2, 0.25) is 0 Å². The van der Waals surface area contributed by atoms with Gasteiger partial charge in [-0.25, -0.2) is 0 Å². The van der Waals surface area contributed by atoms with Crippen LogP contribution in [0.4, 0.5) is 0 Å². The van der Waals surface area contributed by atoms with E-state index in [9.17, 15) is 14.7 Å². The summed E-state index contributed by atoms with van der Waals surface area (Å²) in [6, 6.07) is 3.23. The van der Waals surface area contributed by atoms with Crippen molar-refractivity contribution in [2.75, 3.05) is 13.7 Å². The van der Waals surface area contributed by atoms with Crippen molar-refractivity contribution in [2.45, 2.75) is 13.3 Å². The van der Waals surface area contributed by atoms with E-state index in [2.05, 4.69) is 11.9 Å². The maximum absolute atomic E-state index is 12.4. The zero-order chi connectivity index (χ0) is 17.9. The lowest BCUT2D eigenvalue weighted by atomic mass is 10.0. The lowest BCUT2D eigenvalue weighted by Gasteiger charge is -2.27. The molecule has 0 aliphatic carbocycles. The molecule has 2 rings (SSSR count). The summed E-state index contributed by atoms with van der Waals surface area (Å²) in [4.78, 5) is 25.8. The van der Waals surface area contributed by atoms with Gasteiger partial charge in [0.1, 0.15) is 5.57 Å². The van der Waals surface area contributed by atoms with Gasteiger partial charge >= 0.3 is 0 Å². The van der Waals surface area contributed by atoms with E-state index in [1.807, 2.05) is 0 Å². The Bertz CT molecular complexity index is 755. The van der Waals surface area contributed by atoms with E-state index < -0.39 is 11.8 Å². The van der Waals surface area contributed by atoms with Crippen molar-refractivity contribution in [2.24, 2.45) is 0 Å². The third-order valence-corrected chi connectivity index (χ3v) is 3.90. The molecule has 0 radical (unpaired) electrons. The fourth-order valence-electron chi connectivity index (χ4n) is 2.39. The zero-order valence-corrected chi connectivity index (χ0v) is 14.3. The van der Waals surface area contributed by atoms with Gasteiger partial charge in [0.25, 0.3) is 11.8 Å². The molecular weight excluding hydrogens is 328 g/mol. The molecule has 1 aliphatic rings. The number of phenolic OH excluding ortho intramolecular Hbond substituents is 1. The van der Waals surface area contributed by atoms with Gasteiger partial charge in [0.15, 0.2) is 16.6 Å². The smallest absolute Gasteiger partial charge is 0.265 e. The van der Waals surface area contributed by atoms with Gasteiger partial charge in [0.05, 0.1) is 7.11 Å². The monoisotopic (exact) mass is 346 g/mol. The van der Waals surface area contributed by atoms with Crippen LogP contribution in [0, 0.1) is 0 Å². The van der Waals surface area contributed by atoms with Crippen molar-refractivity contribution in [3.05, 3.63) is 41.5 Å². The van der Waals surface area contributed by atoms with Crippen molar-refractivity contribution >= 4 is 35.2 Å². The molecule has 2 amide bonds. The molecule has 0 spiro atoms. The number of nitrogens with zero attached hydrogens (tertiary/aromatic N) is 1. The van der Waals surface area contributed by atoms with Gasteiger partial charge in [-0.1, -0.05) is 6.08 Å². The van der Waals surface area contributed by atoms with Crippen LogP contribution >= 0.6 is 12.2 Å². The Hall–Kier alpha value is -2.67. The number of likely N-dealkylation sites (N-methyl/N-ethyl adjacent to an activating group) is 1. The number of hydrogen-bond acceptors (Lipinski definition) is 5. The predicted molar refractivity (Wildman–Crippen MR) is 94.7 cm³/mol. The third-order valence-electron chi connectivity index (χ3n) is 3.57. The summed E-state index contributed by atoms with van der Waals surface area (Å²) in [6.07, 6.45) is 3.52. The molecule has 1 fully saturated rings. The highest BCUT2D eigenvalue weighted by atomic mass is 32.1. The Kier molecular flexibility index (Phi) is 5.35. The Morgan fingerprint density at radius 1 is 1.42 bits per heavy atom. The molecule has 7 heteroatoms. The van der Waals surface area contributed by atoms with Crippen molar-refractivity contribution in [3.8, 4) is 11.5 Å². The second kappa shape index (κ2) is 7.27. The number of carbonyl (C=O) groups excluding carboxylic acids is 2. The first-order valence-corrected chi connectivity index (χ1v) is 7.73. The number of rotatable bonds is 5. The Morgan fingerprint density at radius 2 is 2.12 bits per heavy atom. The molecule has 0 saturated carbocycles. The minimum atomic E-state index is -0.549. The van der Waals surface area contributed by atoms with Gasteiger partial charge < -0.3 is 9.84 Å². The predicted octanol–water partition coefficient (Wildman–Crippen LogP) is 1.78. The fourth-order valence-corrected chi connectivity index (χ4v) is 2.69. The summed E-state index contributed by atoms with van der Waals surface area (Å²) in [7, 11) is 1.43. The molecule has 6 nitrogen and oxygen atoms in total. The van der Waals surface area contributed by atoms with Crippen molar-refractivity contribution in [1.82, 2.24) is 10.2 Å². The van der Waals surface area contributed by atoms with Gasteiger partial charge in [-0.15, -0.1) is 6.58 Å². The molecule has 1 saturated heterocycles. The normalized spacial score (nSPS) is 16.3. The Labute approximate surface area is 145 Å². The molecular formula is C17H18N2O4S. The second-order valence-electron chi connectivity index (χ2n) is 5.09. The number of carbonyl (C=O) groups is 2. The van der Waals surface area contributed by atoms with Gasteiger partial charge in [0, 0.05) is 12.1 Å². The summed E-state index contributed by atoms with van der Waals surface area (Å²) in [5, 5.41) is 12.7. The van der Waals surface area contributed by atoms with Crippen molar-refractivity contribution in [1.29, 1.82) is 0 Å². The maximum atomic E-state index is 12.4. The Balaban J connectivity index is 2.51. The summed E-state index contributed by atoms with van der Waals surface area (Å²) >= 11 is 4.99. The van der Waals surface area contributed by atoms with Gasteiger partial charge in [-0.2, -0.15) is 0 Å². The molecule has 1 aromatic rings. The van der Waals surface area contributed by atoms with Crippen LogP contribution < -0.4 is 10.1 Å². The lowest BCUT2D eigenvalue weighted by Crippen LogP contribution is -2.53. The summed E-state index contributed by atoms with van der Waals surface area (Å²) < 4.78 is 5.14. The first-order chi connectivity index (χ1) is 11.4. The number of ether oxygens (including phenoxy) is 1. The van der Waals surface area contributed by atoms with Crippen LogP contribution in [-0.4, -0.2) is 40.6 Å². The second-order valence-corrected chi connectivity index (χ2v) is 5.48. The summed E-state index contributed by atoms with van der Waals surface area (Å²) in [5.41, 5.74) is 1.12. The van der Waals surface area contributed by atoms with E-state index >= 15 is 0 Å². The van der Waals surface area contributed by atoms with Gasteiger partial charge in [-0.05, 0) is 49.3 Å². The zero-order valence-electron chi connectivity index (χ0n) is 13.5. The number of phenols is 1. The highest BCUT2D eigenvalue weighted by Crippen LogP contribution is 2.33. The molecule has 126 valence electrons. The van der Waals surface area contributed by atoms with E-state index in [0.29, 0.717) is 24.1 Å². The van der Waals surface area contributed by atoms with Crippen molar-refractivity contribution < 1.29 is 19.4 Å². The minimum absolute atomic E-state index is 0.00957. The number of allylic oxidation sites excluding steroid dienone is 1. The highest BCUT2D eigenvalue weighted by molar-refractivity contribution is 7.80. The van der Waals surface area contributed by atoms with Crippen LogP contribution in [0.1, 0.15) is 18.1 Å².